The Hall–Kier alpha value is -0.410. The van der Waals surface area contributed by atoms with Gasteiger partial charge in [0.1, 0.15) is 6.29 Å². The zero-order valence-electron chi connectivity index (χ0n) is 12.8. The van der Waals surface area contributed by atoms with Crippen LogP contribution in [-0.2, 0) is 9.53 Å². The molecule has 0 heterocycles. The molecule has 1 unspecified atom stereocenters. The molecular weight excluding hydrogens is 250 g/mol. The number of carbonyl (C=O) groups is 1. The van der Waals surface area contributed by atoms with E-state index in [1.807, 2.05) is 0 Å². The van der Waals surface area contributed by atoms with Crippen molar-refractivity contribution < 1.29 is 9.53 Å². The molecule has 2 fully saturated rings. The first-order valence-corrected chi connectivity index (χ1v) is 8.59. The number of carbonyl (C=O) groups excluding carboxylic acids is 1. The third-order valence-electron chi connectivity index (χ3n) is 5.02. The van der Waals surface area contributed by atoms with Gasteiger partial charge in [-0.2, -0.15) is 0 Å². The SMILES string of the molecule is NC(C=O)(COC1CCCCCC1)CC1CCCCC1. The molecule has 116 valence electrons. The normalized spacial score (nSPS) is 25.9. The van der Waals surface area contributed by atoms with E-state index in [0.717, 1.165) is 25.5 Å². The maximum atomic E-state index is 11.4. The highest BCUT2D eigenvalue weighted by Crippen LogP contribution is 2.30. The van der Waals surface area contributed by atoms with Crippen LogP contribution in [0, 0.1) is 5.92 Å². The Morgan fingerprint density at radius 1 is 0.950 bits per heavy atom. The molecular formula is C17H31NO2. The molecule has 3 nitrogen and oxygen atoms in total. The molecule has 0 bridgehead atoms. The fourth-order valence-electron chi connectivity index (χ4n) is 3.75. The number of hydrogen-bond acceptors (Lipinski definition) is 3. The first-order chi connectivity index (χ1) is 9.72. The number of nitrogens with two attached hydrogens (primary N) is 1. The van der Waals surface area contributed by atoms with E-state index in [4.69, 9.17) is 10.5 Å². The Morgan fingerprint density at radius 2 is 1.50 bits per heavy atom. The molecule has 2 aliphatic rings. The third-order valence-corrected chi connectivity index (χ3v) is 5.02. The van der Waals surface area contributed by atoms with Crippen molar-refractivity contribution in [2.75, 3.05) is 6.61 Å². The first kappa shape index (κ1) is 16.0. The molecule has 0 amide bonds. The molecule has 0 radical (unpaired) electrons. The molecule has 3 heteroatoms. The second-order valence-corrected chi connectivity index (χ2v) is 6.98. The summed E-state index contributed by atoms with van der Waals surface area (Å²) in [5, 5.41) is 0. The summed E-state index contributed by atoms with van der Waals surface area (Å²) in [4.78, 5) is 11.4. The van der Waals surface area contributed by atoms with Crippen LogP contribution in [0.5, 0.6) is 0 Å². The van der Waals surface area contributed by atoms with Crippen molar-refractivity contribution in [2.45, 2.75) is 88.7 Å². The van der Waals surface area contributed by atoms with E-state index in [9.17, 15) is 4.79 Å². The summed E-state index contributed by atoms with van der Waals surface area (Å²) in [6, 6.07) is 0. The van der Waals surface area contributed by atoms with Crippen molar-refractivity contribution in [3.63, 3.8) is 0 Å². The van der Waals surface area contributed by atoms with Gasteiger partial charge in [-0.1, -0.05) is 57.8 Å². The predicted octanol–water partition coefficient (Wildman–Crippen LogP) is 3.59. The van der Waals surface area contributed by atoms with Crippen LogP contribution in [0.3, 0.4) is 0 Å². The van der Waals surface area contributed by atoms with Crippen molar-refractivity contribution in [2.24, 2.45) is 11.7 Å². The molecule has 2 aliphatic carbocycles. The van der Waals surface area contributed by atoms with Crippen molar-refractivity contribution >= 4 is 6.29 Å². The average molecular weight is 281 g/mol. The molecule has 0 aromatic carbocycles. The zero-order chi connectivity index (χ0) is 14.3. The Labute approximate surface area is 123 Å². The standard InChI is InChI=1S/C17H31NO2/c18-17(13-19,12-15-8-4-3-5-9-15)14-20-16-10-6-1-2-7-11-16/h13,15-16H,1-12,14,18H2. The van der Waals surface area contributed by atoms with E-state index >= 15 is 0 Å². The molecule has 1 atom stereocenters. The van der Waals surface area contributed by atoms with Crippen molar-refractivity contribution in [3.05, 3.63) is 0 Å². The van der Waals surface area contributed by atoms with Crippen LogP contribution in [0.4, 0.5) is 0 Å². The summed E-state index contributed by atoms with van der Waals surface area (Å²) in [7, 11) is 0. The van der Waals surface area contributed by atoms with Gasteiger partial charge in [0.25, 0.3) is 0 Å². The molecule has 2 N–H and O–H groups in total. The topological polar surface area (TPSA) is 52.3 Å². The van der Waals surface area contributed by atoms with Gasteiger partial charge in [0.05, 0.1) is 18.2 Å². The van der Waals surface area contributed by atoms with E-state index in [1.54, 1.807) is 0 Å². The smallest absolute Gasteiger partial charge is 0.142 e. The highest BCUT2D eigenvalue weighted by Gasteiger charge is 2.30. The van der Waals surface area contributed by atoms with Crippen molar-refractivity contribution in [3.8, 4) is 0 Å². The number of ether oxygens (including phenoxy) is 1. The van der Waals surface area contributed by atoms with Gasteiger partial charge in [0.2, 0.25) is 0 Å². The summed E-state index contributed by atoms with van der Waals surface area (Å²) in [5.41, 5.74) is 5.54. The minimum atomic E-state index is -0.756. The van der Waals surface area contributed by atoms with Crippen molar-refractivity contribution in [1.29, 1.82) is 0 Å². The maximum Gasteiger partial charge on any atom is 0.142 e. The van der Waals surface area contributed by atoms with Crippen molar-refractivity contribution in [1.82, 2.24) is 0 Å². The molecule has 0 aromatic heterocycles. The summed E-state index contributed by atoms with van der Waals surface area (Å²) in [5.74, 6) is 0.622. The van der Waals surface area contributed by atoms with Crippen LogP contribution in [0.1, 0.15) is 77.0 Å². The van der Waals surface area contributed by atoms with E-state index in [1.165, 1.54) is 57.8 Å². The van der Waals surface area contributed by atoms with Crippen LogP contribution in [0.25, 0.3) is 0 Å². The Balaban J connectivity index is 1.78. The zero-order valence-corrected chi connectivity index (χ0v) is 12.8. The van der Waals surface area contributed by atoms with Gasteiger partial charge in [-0.25, -0.2) is 0 Å². The molecule has 2 rings (SSSR count). The van der Waals surface area contributed by atoms with Gasteiger partial charge in [-0.3, -0.25) is 0 Å². The summed E-state index contributed by atoms with van der Waals surface area (Å²) in [6.45, 7) is 0.414. The third kappa shape index (κ3) is 5.17. The largest absolute Gasteiger partial charge is 0.376 e. The van der Waals surface area contributed by atoms with Gasteiger partial charge in [0, 0.05) is 0 Å². The lowest BCUT2D eigenvalue weighted by Crippen LogP contribution is -2.48. The molecule has 2 saturated carbocycles. The Morgan fingerprint density at radius 3 is 2.10 bits per heavy atom. The molecule has 0 saturated heterocycles. The fourth-order valence-corrected chi connectivity index (χ4v) is 3.75. The monoisotopic (exact) mass is 281 g/mol. The van der Waals surface area contributed by atoms with E-state index in [2.05, 4.69) is 0 Å². The quantitative estimate of drug-likeness (QED) is 0.598. The summed E-state index contributed by atoms with van der Waals surface area (Å²) >= 11 is 0. The molecule has 20 heavy (non-hydrogen) atoms. The maximum absolute atomic E-state index is 11.4. The number of hydrogen-bond donors (Lipinski definition) is 1. The van der Waals surface area contributed by atoms with E-state index in [-0.39, 0.29) is 0 Å². The minimum absolute atomic E-state index is 0.326. The second kappa shape index (κ2) is 8.14. The van der Waals surface area contributed by atoms with Gasteiger partial charge < -0.3 is 15.3 Å². The predicted molar refractivity (Wildman–Crippen MR) is 81.6 cm³/mol. The Kier molecular flexibility index (Phi) is 6.50. The van der Waals surface area contributed by atoms with Gasteiger partial charge in [0.15, 0.2) is 0 Å². The Bertz CT molecular complexity index is 281. The van der Waals surface area contributed by atoms with E-state index < -0.39 is 5.54 Å². The lowest BCUT2D eigenvalue weighted by molar-refractivity contribution is -0.116. The minimum Gasteiger partial charge on any atom is -0.376 e. The van der Waals surface area contributed by atoms with Crippen LogP contribution in [0.15, 0.2) is 0 Å². The first-order valence-electron chi connectivity index (χ1n) is 8.59. The summed E-state index contributed by atoms with van der Waals surface area (Å²) in [6.07, 6.45) is 15.9. The molecule has 0 aliphatic heterocycles. The van der Waals surface area contributed by atoms with Gasteiger partial charge in [-0.05, 0) is 25.2 Å². The lowest BCUT2D eigenvalue weighted by Gasteiger charge is -2.31. The fraction of sp³-hybridized carbons (Fsp3) is 0.941. The highest BCUT2D eigenvalue weighted by molar-refractivity contribution is 5.64. The summed E-state index contributed by atoms with van der Waals surface area (Å²) < 4.78 is 6.00. The van der Waals surface area contributed by atoms with Crippen LogP contribution in [0.2, 0.25) is 0 Å². The number of aldehydes is 1. The van der Waals surface area contributed by atoms with Gasteiger partial charge >= 0.3 is 0 Å². The molecule has 0 spiro atoms. The van der Waals surface area contributed by atoms with Gasteiger partial charge in [-0.15, -0.1) is 0 Å². The van der Waals surface area contributed by atoms with E-state index in [0.29, 0.717) is 18.6 Å². The van der Waals surface area contributed by atoms with Crippen LogP contribution >= 0.6 is 0 Å². The number of rotatable bonds is 6. The average Bonchev–Trinajstić information content (AvgIpc) is 2.75. The molecule has 0 aromatic rings. The highest BCUT2D eigenvalue weighted by atomic mass is 16.5. The van der Waals surface area contributed by atoms with Crippen LogP contribution < -0.4 is 5.73 Å². The van der Waals surface area contributed by atoms with Crippen LogP contribution in [-0.4, -0.2) is 24.5 Å². The lowest BCUT2D eigenvalue weighted by atomic mass is 9.80. The second-order valence-electron chi connectivity index (χ2n) is 6.98.